The Balaban J connectivity index is 1.83. The standard InChI is InChI=1S/C17H21N3O4/c1-9-13(11(3)21)10(2)18-14(9)12(22)8-20-15(23)17(19-16(20)24)6-4-5-7-17/h18H,4-8H2,1-3H3,(H,19,24). The van der Waals surface area contributed by atoms with E-state index in [1.54, 1.807) is 13.8 Å². The number of H-pyrrole nitrogens is 1. The number of Topliss-reactive ketones (excluding diaryl/α,β-unsaturated/α-hetero) is 2. The number of ketones is 2. The fourth-order valence-corrected chi connectivity index (χ4v) is 3.92. The molecule has 2 fully saturated rings. The summed E-state index contributed by atoms with van der Waals surface area (Å²) in [5.41, 5.74) is 1.14. The van der Waals surface area contributed by atoms with E-state index in [2.05, 4.69) is 10.3 Å². The van der Waals surface area contributed by atoms with E-state index in [4.69, 9.17) is 0 Å². The summed E-state index contributed by atoms with van der Waals surface area (Å²) in [5, 5.41) is 2.76. The number of carbonyl (C=O) groups excluding carboxylic acids is 4. The second-order valence-electron chi connectivity index (χ2n) is 6.72. The molecule has 1 saturated heterocycles. The van der Waals surface area contributed by atoms with Gasteiger partial charge in [-0.05, 0) is 39.2 Å². The number of hydrogen-bond acceptors (Lipinski definition) is 4. The van der Waals surface area contributed by atoms with Crippen LogP contribution in [0.2, 0.25) is 0 Å². The number of aryl methyl sites for hydroxylation is 1. The number of nitrogens with zero attached hydrogens (tertiary/aromatic N) is 1. The maximum Gasteiger partial charge on any atom is 0.325 e. The summed E-state index contributed by atoms with van der Waals surface area (Å²) in [7, 11) is 0. The lowest BCUT2D eigenvalue weighted by atomic mass is 9.98. The smallest absolute Gasteiger partial charge is 0.325 e. The molecule has 24 heavy (non-hydrogen) atoms. The average Bonchev–Trinajstić information content (AvgIpc) is 3.14. The third-order valence-corrected chi connectivity index (χ3v) is 5.07. The summed E-state index contributed by atoms with van der Waals surface area (Å²) in [4.78, 5) is 52.9. The zero-order valence-corrected chi connectivity index (χ0v) is 14.1. The van der Waals surface area contributed by atoms with E-state index in [1.165, 1.54) is 6.92 Å². The van der Waals surface area contributed by atoms with Crippen molar-refractivity contribution in [3.05, 3.63) is 22.5 Å². The Kier molecular flexibility index (Phi) is 3.81. The molecule has 3 rings (SSSR count). The molecule has 1 aromatic rings. The quantitative estimate of drug-likeness (QED) is 0.650. The minimum atomic E-state index is -0.817. The molecule has 0 unspecified atom stereocenters. The number of carbonyl (C=O) groups is 4. The second-order valence-corrected chi connectivity index (χ2v) is 6.72. The number of aromatic amines is 1. The van der Waals surface area contributed by atoms with Crippen LogP contribution >= 0.6 is 0 Å². The van der Waals surface area contributed by atoms with Crippen molar-refractivity contribution < 1.29 is 19.2 Å². The molecular weight excluding hydrogens is 310 g/mol. The molecule has 3 amide bonds. The molecule has 2 heterocycles. The number of hydrogen-bond donors (Lipinski definition) is 2. The topological polar surface area (TPSA) is 99.3 Å². The number of rotatable bonds is 4. The van der Waals surface area contributed by atoms with Crippen LogP contribution in [0, 0.1) is 13.8 Å². The van der Waals surface area contributed by atoms with Gasteiger partial charge in [0.2, 0.25) is 0 Å². The van der Waals surface area contributed by atoms with Gasteiger partial charge in [0.25, 0.3) is 5.91 Å². The largest absolute Gasteiger partial charge is 0.355 e. The van der Waals surface area contributed by atoms with Crippen molar-refractivity contribution in [2.75, 3.05) is 6.54 Å². The van der Waals surface area contributed by atoms with E-state index < -0.39 is 11.6 Å². The molecule has 0 radical (unpaired) electrons. The van der Waals surface area contributed by atoms with Crippen LogP contribution in [0.4, 0.5) is 4.79 Å². The highest BCUT2D eigenvalue weighted by Gasteiger charge is 2.52. The minimum absolute atomic E-state index is 0.125. The predicted molar refractivity (Wildman–Crippen MR) is 86.0 cm³/mol. The molecule has 7 heteroatoms. The monoisotopic (exact) mass is 331 g/mol. The lowest BCUT2D eigenvalue weighted by molar-refractivity contribution is -0.130. The molecule has 0 aromatic carbocycles. The van der Waals surface area contributed by atoms with Gasteiger partial charge in [-0.2, -0.15) is 0 Å². The maximum atomic E-state index is 12.6. The molecule has 2 N–H and O–H groups in total. The van der Waals surface area contributed by atoms with Gasteiger partial charge in [0.15, 0.2) is 11.6 Å². The van der Waals surface area contributed by atoms with Crippen LogP contribution in [0.25, 0.3) is 0 Å². The first-order valence-electron chi connectivity index (χ1n) is 8.14. The van der Waals surface area contributed by atoms with Crippen LogP contribution in [-0.2, 0) is 4.79 Å². The SMILES string of the molecule is CC(=O)c1c(C)[nH]c(C(=O)CN2C(=O)NC3(CCCC3)C2=O)c1C. The van der Waals surface area contributed by atoms with Crippen LogP contribution in [0.1, 0.15) is 64.7 Å². The predicted octanol–water partition coefficient (Wildman–Crippen LogP) is 1.88. The third-order valence-electron chi connectivity index (χ3n) is 5.07. The normalized spacial score (nSPS) is 19.2. The van der Waals surface area contributed by atoms with Gasteiger partial charge >= 0.3 is 6.03 Å². The molecule has 2 aliphatic rings. The van der Waals surface area contributed by atoms with Crippen molar-refractivity contribution in [2.24, 2.45) is 0 Å². The van der Waals surface area contributed by atoms with Gasteiger partial charge < -0.3 is 10.3 Å². The highest BCUT2D eigenvalue weighted by molar-refractivity contribution is 6.12. The van der Waals surface area contributed by atoms with Crippen LogP contribution in [0.3, 0.4) is 0 Å². The van der Waals surface area contributed by atoms with Crippen LogP contribution in [-0.4, -0.2) is 45.5 Å². The lowest BCUT2D eigenvalue weighted by Crippen LogP contribution is -2.44. The molecule has 1 aliphatic carbocycles. The summed E-state index contributed by atoms with van der Waals surface area (Å²) < 4.78 is 0. The van der Waals surface area contributed by atoms with E-state index >= 15 is 0 Å². The number of urea groups is 1. The van der Waals surface area contributed by atoms with Crippen molar-refractivity contribution in [1.82, 2.24) is 15.2 Å². The van der Waals surface area contributed by atoms with Gasteiger partial charge in [-0.25, -0.2) is 4.79 Å². The summed E-state index contributed by atoms with van der Waals surface area (Å²) in [6.45, 7) is 4.54. The Morgan fingerprint density at radius 2 is 1.79 bits per heavy atom. The summed E-state index contributed by atoms with van der Waals surface area (Å²) >= 11 is 0. The molecule has 1 aliphatic heterocycles. The van der Waals surface area contributed by atoms with E-state index in [-0.39, 0.29) is 29.7 Å². The van der Waals surface area contributed by atoms with E-state index in [9.17, 15) is 19.2 Å². The summed E-state index contributed by atoms with van der Waals surface area (Å²) in [5.74, 6) is -0.812. The minimum Gasteiger partial charge on any atom is -0.355 e. The highest BCUT2D eigenvalue weighted by Crippen LogP contribution is 2.35. The molecule has 7 nitrogen and oxygen atoms in total. The van der Waals surface area contributed by atoms with E-state index in [1.807, 2.05) is 0 Å². The molecule has 0 bridgehead atoms. The summed E-state index contributed by atoms with van der Waals surface area (Å²) in [6, 6.07) is -0.511. The maximum absolute atomic E-state index is 12.6. The fraction of sp³-hybridized carbons (Fsp3) is 0.529. The van der Waals surface area contributed by atoms with Gasteiger partial charge in [0, 0.05) is 11.3 Å². The van der Waals surface area contributed by atoms with Crippen molar-refractivity contribution >= 4 is 23.5 Å². The van der Waals surface area contributed by atoms with Crippen molar-refractivity contribution in [2.45, 2.75) is 52.0 Å². The molecule has 1 saturated carbocycles. The first-order chi connectivity index (χ1) is 11.3. The number of nitrogens with one attached hydrogen (secondary N) is 2. The zero-order valence-electron chi connectivity index (χ0n) is 14.1. The fourth-order valence-electron chi connectivity index (χ4n) is 3.92. The van der Waals surface area contributed by atoms with Crippen LogP contribution < -0.4 is 5.32 Å². The molecule has 128 valence electrons. The summed E-state index contributed by atoms with van der Waals surface area (Å²) in [6.07, 6.45) is 3.03. The van der Waals surface area contributed by atoms with E-state index in [0.29, 0.717) is 29.7 Å². The van der Waals surface area contributed by atoms with Gasteiger partial charge in [-0.1, -0.05) is 12.8 Å². The van der Waals surface area contributed by atoms with Crippen LogP contribution in [0.15, 0.2) is 0 Å². The number of amides is 3. The van der Waals surface area contributed by atoms with Gasteiger partial charge in [-0.3, -0.25) is 19.3 Å². The Morgan fingerprint density at radius 3 is 2.33 bits per heavy atom. The van der Waals surface area contributed by atoms with Gasteiger partial charge in [0.1, 0.15) is 5.54 Å². The average molecular weight is 331 g/mol. The van der Waals surface area contributed by atoms with Crippen molar-refractivity contribution in [3.8, 4) is 0 Å². The Bertz CT molecular complexity index is 756. The number of aromatic nitrogens is 1. The Morgan fingerprint density at radius 1 is 1.17 bits per heavy atom. The second kappa shape index (κ2) is 5.58. The third kappa shape index (κ3) is 2.35. The molecule has 0 atom stereocenters. The highest BCUT2D eigenvalue weighted by atomic mass is 16.2. The van der Waals surface area contributed by atoms with Gasteiger partial charge in [-0.15, -0.1) is 0 Å². The van der Waals surface area contributed by atoms with Crippen molar-refractivity contribution in [1.29, 1.82) is 0 Å². The zero-order chi connectivity index (χ0) is 17.6. The Hall–Kier alpha value is -2.44. The van der Waals surface area contributed by atoms with Gasteiger partial charge in [0.05, 0.1) is 12.2 Å². The molecular formula is C17H21N3O4. The van der Waals surface area contributed by atoms with E-state index in [0.717, 1.165) is 17.7 Å². The first-order valence-corrected chi connectivity index (χ1v) is 8.14. The molecule has 1 spiro atoms. The number of imide groups is 1. The lowest BCUT2D eigenvalue weighted by Gasteiger charge is -2.19. The van der Waals surface area contributed by atoms with Crippen LogP contribution in [0.5, 0.6) is 0 Å². The first kappa shape index (κ1) is 16.4. The molecule has 1 aromatic heterocycles. The van der Waals surface area contributed by atoms with Crippen molar-refractivity contribution in [3.63, 3.8) is 0 Å². The Labute approximate surface area is 139 Å².